The molecular formula is C27H22Cl2N2O5. The molecule has 0 saturated heterocycles. The summed E-state index contributed by atoms with van der Waals surface area (Å²) in [4.78, 5) is 24.3. The van der Waals surface area contributed by atoms with Crippen molar-refractivity contribution >= 4 is 35.1 Å². The Morgan fingerprint density at radius 2 is 1.69 bits per heavy atom. The molecule has 0 aliphatic heterocycles. The molecular weight excluding hydrogens is 503 g/mol. The van der Waals surface area contributed by atoms with Crippen molar-refractivity contribution in [2.24, 2.45) is 0 Å². The third-order valence-electron chi connectivity index (χ3n) is 5.35. The Hall–Kier alpha value is -3.81. The molecule has 0 radical (unpaired) electrons. The van der Waals surface area contributed by atoms with Crippen LogP contribution in [0.5, 0.6) is 5.75 Å². The summed E-state index contributed by atoms with van der Waals surface area (Å²) in [6.45, 7) is 2.35. The fraction of sp³-hybridized carbons (Fsp3) is 0.148. The number of rotatable bonds is 9. The van der Waals surface area contributed by atoms with E-state index in [0.717, 1.165) is 5.56 Å². The molecule has 7 nitrogen and oxygen atoms in total. The number of halogens is 2. The van der Waals surface area contributed by atoms with E-state index in [9.17, 15) is 9.59 Å². The number of aliphatic carboxylic acids is 1. The van der Waals surface area contributed by atoms with Crippen LogP contribution in [0.25, 0.3) is 22.6 Å². The molecule has 9 heteroatoms. The number of hydrogen-bond donors (Lipinski definition) is 2. The van der Waals surface area contributed by atoms with Gasteiger partial charge in [0.05, 0.1) is 18.0 Å². The van der Waals surface area contributed by atoms with Crippen molar-refractivity contribution in [3.8, 4) is 28.3 Å². The lowest BCUT2D eigenvalue weighted by atomic mass is 10.00. The average Bonchev–Trinajstić information content (AvgIpc) is 3.28. The number of aromatic nitrogens is 1. The third kappa shape index (κ3) is 6.05. The number of carbonyl (C=O) groups excluding carboxylic acids is 1. The molecule has 0 bridgehead atoms. The van der Waals surface area contributed by atoms with E-state index < -0.39 is 5.97 Å². The number of hydrogen-bond acceptors (Lipinski definition) is 5. The van der Waals surface area contributed by atoms with E-state index in [2.05, 4.69) is 10.5 Å². The van der Waals surface area contributed by atoms with Gasteiger partial charge in [0.25, 0.3) is 5.91 Å². The van der Waals surface area contributed by atoms with Gasteiger partial charge >= 0.3 is 5.97 Å². The molecule has 0 aliphatic rings. The van der Waals surface area contributed by atoms with Crippen molar-refractivity contribution < 1.29 is 24.0 Å². The lowest BCUT2D eigenvalue weighted by molar-refractivity contribution is -0.136. The molecule has 0 saturated carbocycles. The Morgan fingerprint density at radius 3 is 2.36 bits per heavy atom. The van der Waals surface area contributed by atoms with Crippen LogP contribution in [0.1, 0.15) is 21.5 Å². The maximum atomic E-state index is 13.3. The molecule has 3 aromatic carbocycles. The highest BCUT2D eigenvalue weighted by molar-refractivity contribution is 6.35. The van der Waals surface area contributed by atoms with Crippen molar-refractivity contribution in [1.82, 2.24) is 10.5 Å². The van der Waals surface area contributed by atoms with Crippen LogP contribution in [-0.4, -0.2) is 35.3 Å². The number of carbonyl (C=O) groups is 2. The lowest BCUT2D eigenvalue weighted by Crippen LogP contribution is -2.28. The zero-order chi connectivity index (χ0) is 25.7. The SMILES string of the molecule is Cc1ccc(-c2onc(-c3ccc(CC(=O)O)cc3)c2C(=O)NCCOc2ccc(Cl)cc2Cl)cc1. The summed E-state index contributed by atoms with van der Waals surface area (Å²) in [5.41, 5.74) is 3.66. The van der Waals surface area contributed by atoms with Gasteiger partial charge in [-0.15, -0.1) is 0 Å². The molecule has 4 rings (SSSR count). The second-order valence-corrected chi connectivity index (χ2v) is 8.89. The predicted octanol–water partition coefficient (Wildman–Crippen LogP) is 6.06. The van der Waals surface area contributed by atoms with Crippen LogP contribution < -0.4 is 10.1 Å². The molecule has 0 atom stereocenters. The van der Waals surface area contributed by atoms with Crippen LogP contribution in [0.15, 0.2) is 71.3 Å². The van der Waals surface area contributed by atoms with Crippen molar-refractivity contribution in [3.63, 3.8) is 0 Å². The molecule has 4 aromatic rings. The zero-order valence-corrected chi connectivity index (χ0v) is 20.8. The number of ether oxygens (including phenoxy) is 1. The van der Waals surface area contributed by atoms with E-state index >= 15 is 0 Å². The smallest absolute Gasteiger partial charge is 0.307 e. The second kappa shape index (κ2) is 11.3. The standard InChI is InChI=1S/C27H22Cl2N2O5/c1-16-2-6-19(7-3-16)26-24(25(31-36-26)18-8-4-17(5-9-18)14-23(32)33)27(34)30-12-13-35-22-11-10-20(28)15-21(22)29/h2-11,15H,12-14H2,1H3,(H,30,34)(H,32,33). The Bertz CT molecular complexity index is 1380. The fourth-order valence-corrected chi connectivity index (χ4v) is 4.02. The summed E-state index contributed by atoms with van der Waals surface area (Å²) in [7, 11) is 0. The van der Waals surface area contributed by atoms with Crippen molar-refractivity contribution in [3.05, 3.63) is 93.5 Å². The summed E-state index contributed by atoms with van der Waals surface area (Å²) in [6, 6.07) is 19.3. The number of carboxylic acid groups (broad SMARTS) is 1. The number of benzene rings is 3. The minimum atomic E-state index is -0.923. The second-order valence-electron chi connectivity index (χ2n) is 8.05. The van der Waals surface area contributed by atoms with Crippen LogP contribution in [0.2, 0.25) is 10.0 Å². The van der Waals surface area contributed by atoms with Crippen molar-refractivity contribution in [2.75, 3.05) is 13.2 Å². The highest BCUT2D eigenvalue weighted by Gasteiger charge is 2.25. The van der Waals surface area contributed by atoms with Crippen LogP contribution in [0.3, 0.4) is 0 Å². The topological polar surface area (TPSA) is 102 Å². The maximum absolute atomic E-state index is 13.3. The first-order valence-corrected chi connectivity index (χ1v) is 11.8. The molecule has 1 aromatic heterocycles. The van der Waals surface area contributed by atoms with Gasteiger partial charge in [-0.05, 0) is 30.7 Å². The Balaban J connectivity index is 1.56. The monoisotopic (exact) mass is 524 g/mol. The number of carboxylic acids is 1. The Morgan fingerprint density at radius 1 is 1.00 bits per heavy atom. The van der Waals surface area contributed by atoms with E-state index in [-0.39, 0.29) is 31.0 Å². The van der Waals surface area contributed by atoms with Crippen LogP contribution in [0.4, 0.5) is 0 Å². The number of nitrogens with one attached hydrogen (secondary N) is 1. The molecule has 0 spiro atoms. The fourth-order valence-electron chi connectivity index (χ4n) is 3.56. The molecule has 0 fully saturated rings. The quantitative estimate of drug-likeness (QED) is 0.258. The molecule has 36 heavy (non-hydrogen) atoms. The molecule has 0 unspecified atom stereocenters. The van der Waals surface area contributed by atoms with Crippen LogP contribution in [0, 0.1) is 6.92 Å². The first-order valence-electron chi connectivity index (χ1n) is 11.1. The third-order valence-corrected chi connectivity index (χ3v) is 5.89. The van der Waals surface area contributed by atoms with Crippen molar-refractivity contribution in [2.45, 2.75) is 13.3 Å². The first kappa shape index (κ1) is 25.3. The maximum Gasteiger partial charge on any atom is 0.307 e. The Kier molecular flexibility index (Phi) is 7.93. The summed E-state index contributed by atoms with van der Waals surface area (Å²) >= 11 is 12.0. The van der Waals surface area contributed by atoms with Crippen LogP contribution >= 0.6 is 23.2 Å². The molecule has 1 amide bonds. The normalized spacial score (nSPS) is 10.8. The van der Waals surface area contributed by atoms with Gasteiger partial charge in [0.1, 0.15) is 23.6 Å². The van der Waals surface area contributed by atoms with Gasteiger partial charge < -0.3 is 19.7 Å². The molecule has 1 heterocycles. The summed E-state index contributed by atoms with van der Waals surface area (Å²) < 4.78 is 11.3. The lowest BCUT2D eigenvalue weighted by Gasteiger charge is -2.10. The number of amides is 1. The summed E-state index contributed by atoms with van der Waals surface area (Å²) in [5, 5.41) is 16.9. The van der Waals surface area contributed by atoms with Gasteiger partial charge in [0.15, 0.2) is 5.76 Å². The van der Waals surface area contributed by atoms with E-state index in [1.165, 1.54) is 0 Å². The van der Waals surface area contributed by atoms with Crippen LogP contribution in [-0.2, 0) is 11.2 Å². The van der Waals surface area contributed by atoms with Gasteiger partial charge in [0.2, 0.25) is 0 Å². The summed E-state index contributed by atoms with van der Waals surface area (Å²) in [5.74, 6) is -0.517. The van der Waals surface area contributed by atoms with Gasteiger partial charge in [0, 0.05) is 16.1 Å². The zero-order valence-electron chi connectivity index (χ0n) is 19.3. The molecule has 184 valence electrons. The van der Waals surface area contributed by atoms with Gasteiger partial charge in [-0.2, -0.15) is 0 Å². The van der Waals surface area contributed by atoms with Gasteiger partial charge in [-0.3, -0.25) is 9.59 Å². The highest BCUT2D eigenvalue weighted by Crippen LogP contribution is 2.33. The highest BCUT2D eigenvalue weighted by atomic mass is 35.5. The predicted molar refractivity (Wildman–Crippen MR) is 138 cm³/mol. The van der Waals surface area contributed by atoms with Crippen molar-refractivity contribution in [1.29, 1.82) is 0 Å². The molecule has 0 aliphatic carbocycles. The first-order chi connectivity index (χ1) is 17.3. The van der Waals surface area contributed by atoms with E-state index in [1.807, 2.05) is 31.2 Å². The number of nitrogens with zero attached hydrogens (tertiary/aromatic N) is 1. The average molecular weight is 525 g/mol. The van der Waals surface area contributed by atoms with E-state index in [0.29, 0.717) is 43.9 Å². The van der Waals surface area contributed by atoms with E-state index in [1.54, 1.807) is 42.5 Å². The summed E-state index contributed by atoms with van der Waals surface area (Å²) in [6.07, 6.45) is -0.0985. The largest absolute Gasteiger partial charge is 0.490 e. The molecule has 2 N–H and O–H groups in total. The number of aryl methyl sites for hydroxylation is 1. The minimum absolute atomic E-state index is 0.0985. The van der Waals surface area contributed by atoms with E-state index in [4.69, 9.17) is 37.6 Å². The Labute approximate surface area is 217 Å². The van der Waals surface area contributed by atoms with Gasteiger partial charge in [-0.25, -0.2) is 0 Å². The minimum Gasteiger partial charge on any atom is -0.490 e. The van der Waals surface area contributed by atoms with Gasteiger partial charge in [-0.1, -0.05) is 82.5 Å².